The van der Waals surface area contributed by atoms with Crippen LogP contribution in [0.5, 0.6) is 0 Å². The van der Waals surface area contributed by atoms with E-state index in [1.54, 1.807) is 20.1 Å². The normalized spacial score (nSPS) is 15.6. The molecule has 0 aliphatic rings. The van der Waals surface area contributed by atoms with Gasteiger partial charge in [0.1, 0.15) is 24.2 Å². The van der Waals surface area contributed by atoms with Crippen molar-refractivity contribution < 1.29 is 34.2 Å². The molecule has 31 heavy (non-hydrogen) atoms. The van der Waals surface area contributed by atoms with Crippen LogP contribution in [0.4, 0.5) is 0 Å². The number of carbonyl (C=O) groups excluding carboxylic acids is 4. The Bertz CT molecular complexity index is 649. The number of aliphatic hydroxyl groups is 1. The SMILES string of the molecule is CCC(C)C(NC(=O)C(CC(N)=O)NC(=O)C(N)CO)C(=O)NC(CCSC)C(=O)O. The molecule has 13 heteroatoms. The number of aliphatic hydroxyl groups excluding tert-OH is 1. The van der Waals surface area contributed by atoms with Gasteiger partial charge in [-0.2, -0.15) is 11.8 Å². The van der Waals surface area contributed by atoms with Gasteiger partial charge in [-0.05, 0) is 24.3 Å². The van der Waals surface area contributed by atoms with E-state index >= 15 is 0 Å². The molecule has 5 atom stereocenters. The van der Waals surface area contributed by atoms with E-state index in [9.17, 15) is 29.1 Å². The highest BCUT2D eigenvalue weighted by Crippen LogP contribution is 2.10. The number of nitrogens with one attached hydrogen (secondary N) is 3. The molecule has 0 fully saturated rings. The summed E-state index contributed by atoms with van der Waals surface area (Å²) in [6, 6.07) is -4.99. The second kappa shape index (κ2) is 14.6. The minimum absolute atomic E-state index is 0.197. The van der Waals surface area contributed by atoms with Gasteiger partial charge in [-0.1, -0.05) is 20.3 Å². The lowest BCUT2D eigenvalue weighted by atomic mass is 9.97. The molecular formula is C18H33N5O7S. The van der Waals surface area contributed by atoms with Crippen molar-refractivity contribution in [1.29, 1.82) is 0 Å². The monoisotopic (exact) mass is 463 g/mol. The maximum absolute atomic E-state index is 12.8. The zero-order chi connectivity index (χ0) is 24.1. The minimum atomic E-state index is -1.42. The van der Waals surface area contributed by atoms with Crippen molar-refractivity contribution in [1.82, 2.24) is 16.0 Å². The van der Waals surface area contributed by atoms with Crippen LogP contribution in [-0.4, -0.2) is 82.6 Å². The van der Waals surface area contributed by atoms with Crippen molar-refractivity contribution in [2.24, 2.45) is 17.4 Å². The van der Waals surface area contributed by atoms with Crippen molar-refractivity contribution in [2.45, 2.75) is 57.3 Å². The van der Waals surface area contributed by atoms with E-state index in [1.807, 2.05) is 0 Å². The molecular weight excluding hydrogens is 430 g/mol. The van der Waals surface area contributed by atoms with E-state index in [0.29, 0.717) is 12.2 Å². The maximum atomic E-state index is 12.8. The van der Waals surface area contributed by atoms with Crippen molar-refractivity contribution in [3.63, 3.8) is 0 Å². The molecule has 0 aliphatic carbocycles. The lowest BCUT2D eigenvalue weighted by Gasteiger charge is -2.27. The molecule has 0 bridgehead atoms. The first kappa shape index (κ1) is 28.6. The lowest BCUT2D eigenvalue weighted by molar-refractivity contribution is -0.142. The van der Waals surface area contributed by atoms with Gasteiger partial charge in [0.05, 0.1) is 13.0 Å². The highest BCUT2D eigenvalue weighted by molar-refractivity contribution is 7.98. The smallest absolute Gasteiger partial charge is 0.326 e. The van der Waals surface area contributed by atoms with E-state index in [1.165, 1.54) is 11.8 Å². The Morgan fingerprint density at radius 3 is 2.03 bits per heavy atom. The number of carboxylic acids is 1. The molecule has 0 aromatic heterocycles. The van der Waals surface area contributed by atoms with Crippen molar-refractivity contribution in [2.75, 3.05) is 18.6 Å². The first-order valence-corrected chi connectivity index (χ1v) is 11.1. The summed E-state index contributed by atoms with van der Waals surface area (Å²) in [4.78, 5) is 60.1. The molecule has 0 saturated carbocycles. The predicted octanol–water partition coefficient (Wildman–Crippen LogP) is -2.48. The number of thioether (sulfide) groups is 1. The van der Waals surface area contributed by atoms with Crippen LogP contribution in [0.15, 0.2) is 0 Å². The quantitative estimate of drug-likeness (QED) is 0.137. The number of rotatable bonds is 15. The second-order valence-corrected chi connectivity index (χ2v) is 8.06. The summed E-state index contributed by atoms with van der Waals surface area (Å²) in [7, 11) is 0. The maximum Gasteiger partial charge on any atom is 0.326 e. The Balaban J connectivity index is 5.49. The van der Waals surface area contributed by atoms with Crippen molar-refractivity contribution in [3.05, 3.63) is 0 Å². The summed E-state index contributed by atoms with van der Waals surface area (Å²) < 4.78 is 0. The molecule has 0 aliphatic heterocycles. The topological polar surface area (TPSA) is 214 Å². The van der Waals surface area contributed by atoms with Crippen LogP contribution < -0.4 is 27.4 Å². The van der Waals surface area contributed by atoms with Gasteiger partial charge in [-0.3, -0.25) is 19.2 Å². The van der Waals surface area contributed by atoms with Crippen LogP contribution in [0.25, 0.3) is 0 Å². The molecule has 0 aromatic rings. The molecule has 0 spiro atoms. The largest absolute Gasteiger partial charge is 0.480 e. The average molecular weight is 464 g/mol. The number of carbonyl (C=O) groups is 5. The Kier molecular flexibility index (Phi) is 13.5. The van der Waals surface area contributed by atoms with Gasteiger partial charge < -0.3 is 37.6 Å². The van der Waals surface area contributed by atoms with Gasteiger partial charge in [0.25, 0.3) is 0 Å². The average Bonchev–Trinajstić information content (AvgIpc) is 2.72. The van der Waals surface area contributed by atoms with Crippen LogP contribution in [0, 0.1) is 5.92 Å². The third-order valence-electron chi connectivity index (χ3n) is 4.59. The van der Waals surface area contributed by atoms with Gasteiger partial charge in [-0.15, -0.1) is 0 Å². The Morgan fingerprint density at radius 1 is 1.00 bits per heavy atom. The van der Waals surface area contributed by atoms with E-state index < -0.39 is 66.8 Å². The fourth-order valence-electron chi connectivity index (χ4n) is 2.48. The van der Waals surface area contributed by atoms with Gasteiger partial charge in [-0.25, -0.2) is 4.79 Å². The van der Waals surface area contributed by atoms with Gasteiger partial charge in [0.15, 0.2) is 0 Å². The first-order valence-electron chi connectivity index (χ1n) is 9.75. The van der Waals surface area contributed by atoms with E-state index in [-0.39, 0.29) is 12.3 Å². The van der Waals surface area contributed by atoms with Gasteiger partial charge >= 0.3 is 5.97 Å². The molecule has 4 amide bonds. The number of hydrogen-bond acceptors (Lipinski definition) is 8. The summed E-state index contributed by atoms with van der Waals surface area (Å²) in [5.41, 5.74) is 10.5. The highest BCUT2D eigenvalue weighted by Gasteiger charge is 2.33. The molecule has 0 heterocycles. The fourth-order valence-corrected chi connectivity index (χ4v) is 2.95. The Labute approximate surface area is 185 Å². The number of nitrogens with two attached hydrogens (primary N) is 2. The van der Waals surface area contributed by atoms with E-state index in [0.717, 1.165) is 0 Å². The van der Waals surface area contributed by atoms with Crippen LogP contribution in [-0.2, 0) is 24.0 Å². The molecule has 9 N–H and O–H groups in total. The predicted molar refractivity (Wildman–Crippen MR) is 115 cm³/mol. The van der Waals surface area contributed by atoms with Crippen molar-refractivity contribution >= 4 is 41.4 Å². The Morgan fingerprint density at radius 2 is 1.58 bits per heavy atom. The third-order valence-corrected chi connectivity index (χ3v) is 5.23. The highest BCUT2D eigenvalue weighted by atomic mass is 32.2. The summed E-state index contributed by atoms with van der Waals surface area (Å²) in [6.07, 6.45) is 1.92. The molecule has 0 radical (unpaired) electrons. The third kappa shape index (κ3) is 10.5. The standard InChI is InChI=1S/C18H33N5O7S/c1-4-9(2)14(17(28)21-11(18(29)30)5-6-31-3)23-16(27)12(7-13(20)25)22-15(26)10(19)8-24/h9-12,14,24H,4-8,19H2,1-3H3,(H2,20,25)(H,21,28)(H,22,26)(H,23,27)(H,29,30). The summed E-state index contributed by atoms with van der Waals surface area (Å²) in [5, 5.41) is 25.4. The number of carboxylic acid groups (broad SMARTS) is 1. The number of hydrogen-bond donors (Lipinski definition) is 7. The second-order valence-electron chi connectivity index (χ2n) is 7.07. The summed E-state index contributed by atoms with van der Waals surface area (Å²) >= 11 is 1.43. The van der Waals surface area contributed by atoms with Crippen LogP contribution in [0.1, 0.15) is 33.1 Å². The van der Waals surface area contributed by atoms with Crippen LogP contribution in [0.3, 0.4) is 0 Å². The van der Waals surface area contributed by atoms with Crippen molar-refractivity contribution in [3.8, 4) is 0 Å². The fraction of sp³-hybridized carbons (Fsp3) is 0.722. The molecule has 0 rings (SSSR count). The Hall–Kier alpha value is -2.38. The number of aliphatic carboxylic acids is 1. The molecule has 0 aromatic carbocycles. The summed E-state index contributed by atoms with van der Waals surface area (Å²) in [5.74, 6) is -4.41. The number of amides is 4. The van der Waals surface area contributed by atoms with Crippen LogP contribution >= 0.6 is 11.8 Å². The van der Waals surface area contributed by atoms with E-state index in [4.69, 9.17) is 16.6 Å². The van der Waals surface area contributed by atoms with E-state index in [2.05, 4.69) is 16.0 Å². The first-order chi connectivity index (χ1) is 14.5. The van der Waals surface area contributed by atoms with Crippen LogP contribution in [0.2, 0.25) is 0 Å². The molecule has 12 nitrogen and oxygen atoms in total. The molecule has 5 unspecified atom stereocenters. The zero-order valence-corrected chi connectivity index (χ0v) is 18.7. The number of primary amides is 1. The van der Waals surface area contributed by atoms with Gasteiger partial charge in [0.2, 0.25) is 23.6 Å². The van der Waals surface area contributed by atoms with Gasteiger partial charge in [0, 0.05) is 0 Å². The molecule has 0 saturated heterocycles. The zero-order valence-electron chi connectivity index (χ0n) is 17.9. The minimum Gasteiger partial charge on any atom is -0.480 e. The summed E-state index contributed by atoms with van der Waals surface area (Å²) in [6.45, 7) is 2.79. The molecule has 178 valence electrons. The lowest BCUT2D eigenvalue weighted by Crippen LogP contribution is -2.59.